The second kappa shape index (κ2) is 13.0. The van der Waals surface area contributed by atoms with E-state index in [0.29, 0.717) is 11.9 Å². The molecular formula is C23H32N2OS. The fourth-order valence-electron chi connectivity index (χ4n) is 2.38. The number of hydrogen-bond acceptors (Lipinski definition) is 4. The van der Waals surface area contributed by atoms with Crippen molar-refractivity contribution in [2.45, 2.75) is 32.4 Å². The van der Waals surface area contributed by atoms with Crippen molar-refractivity contribution >= 4 is 17.6 Å². The largest absolute Gasteiger partial charge is 0.492 e. The molecule has 1 aromatic heterocycles. The predicted octanol–water partition coefficient (Wildman–Crippen LogP) is 5.99. The van der Waals surface area contributed by atoms with Crippen LogP contribution < -0.4 is 9.64 Å². The highest BCUT2D eigenvalue weighted by molar-refractivity contribution is 8.03. The standard InChI is InChI=1S/C21H26N2OS.C2H6/c1-5-20(25-17(2)3)16-18-9-11-19(12-10-18)24-15-14-23(4)21-8-6-7-13-22-21;1-2/h5-13,20H,1-2,14-16H2,3-4H3;1-2H3. The molecule has 0 saturated carbocycles. The van der Waals surface area contributed by atoms with Crippen LogP contribution in [0.25, 0.3) is 0 Å². The van der Waals surface area contributed by atoms with Gasteiger partial charge in [-0.1, -0.05) is 44.7 Å². The van der Waals surface area contributed by atoms with Crippen LogP contribution in [-0.2, 0) is 6.42 Å². The number of anilines is 1. The van der Waals surface area contributed by atoms with Crippen LogP contribution in [0.3, 0.4) is 0 Å². The van der Waals surface area contributed by atoms with Gasteiger partial charge in [0.15, 0.2) is 0 Å². The average molecular weight is 385 g/mol. The minimum absolute atomic E-state index is 0.358. The summed E-state index contributed by atoms with van der Waals surface area (Å²) in [6.07, 6.45) is 4.73. The van der Waals surface area contributed by atoms with Gasteiger partial charge in [-0.3, -0.25) is 0 Å². The number of aromatic nitrogens is 1. The van der Waals surface area contributed by atoms with Crippen molar-refractivity contribution in [2.24, 2.45) is 0 Å². The van der Waals surface area contributed by atoms with Crippen LogP contribution in [0.5, 0.6) is 5.75 Å². The number of likely N-dealkylation sites (N-methyl/N-ethyl adjacent to an activating group) is 1. The first-order valence-electron chi connectivity index (χ1n) is 9.37. The molecule has 0 amide bonds. The highest BCUT2D eigenvalue weighted by atomic mass is 32.2. The van der Waals surface area contributed by atoms with Crippen molar-refractivity contribution in [1.82, 2.24) is 4.98 Å². The molecule has 0 aliphatic rings. The Hall–Kier alpha value is -2.20. The second-order valence-electron chi connectivity index (χ2n) is 5.90. The maximum atomic E-state index is 5.84. The van der Waals surface area contributed by atoms with Gasteiger partial charge in [-0.25, -0.2) is 4.98 Å². The lowest BCUT2D eigenvalue weighted by Gasteiger charge is -2.18. The molecule has 0 fully saturated rings. The normalized spacial score (nSPS) is 11.0. The van der Waals surface area contributed by atoms with E-state index < -0.39 is 0 Å². The van der Waals surface area contributed by atoms with Crippen molar-refractivity contribution in [2.75, 3.05) is 25.1 Å². The number of allylic oxidation sites excluding steroid dienone is 1. The summed E-state index contributed by atoms with van der Waals surface area (Å²) in [6.45, 7) is 15.3. The lowest BCUT2D eigenvalue weighted by Crippen LogP contribution is -2.24. The molecule has 0 spiro atoms. The first-order valence-corrected chi connectivity index (χ1v) is 10.2. The van der Waals surface area contributed by atoms with Gasteiger partial charge in [0, 0.05) is 18.5 Å². The molecule has 3 nitrogen and oxygen atoms in total. The number of pyridine rings is 1. The Balaban J connectivity index is 0.00000176. The molecule has 146 valence electrons. The molecule has 1 aromatic carbocycles. The molecule has 0 N–H and O–H groups in total. The molecule has 4 heteroatoms. The number of hydrogen-bond donors (Lipinski definition) is 0. The average Bonchev–Trinajstić information content (AvgIpc) is 2.70. The topological polar surface area (TPSA) is 25.4 Å². The monoisotopic (exact) mass is 384 g/mol. The smallest absolute Gasteiger partial charge is 0.128 e. The van der Waals surface area contributed by atoms with Gasteiger partial charge in [-0.2, -0.15) is 0 Å². The van der Waals surface area contributed by atoms with Crippen LogP contribution in [0.15, 0.2) is 72.8 Å². The summed E-state index contributed by atoms with van der Waals surface area (Å²) in [4.78, 5) is 7.52. The van der Waals surface area contributed by atoms with Gasteiger partial charge in [-0.15, -0.1) is 18.3 Å². The van der Waals surface area contributed by atoms with E-state index in [-0.39, 0.29) is 0 Å². The SMILES string of the molecule is C=CC(Cc1ccc(OCCN(C)c2ccccn2)cc1)SC(=C)C.CC. The van der Waals surface area contributed by atoms with Crippen LogP contribution in [0.4, 0.5) is 5.82 Å². The van der Waals surface area contributed by atoms with Crippen LogP contribution in [0.2, 0.25) is 0 Å². The maximum absolute atomic E-state index is 5.84. The van der Waals surface area contributed by atoms with E-state index in [1.807, 2.05) is 64.2 Å². The van der Waals surface area contributed by atoms with E-state index in [2.05, 4.69) is 35.2 Å². The van der Waals surface area contributed by atoms with Gasteiger partial charge in [0.05, 0.1) is 6.54 Å². The zero-order valence-corrected chi connectivity index (χ0v) is 17.8. The molecule has 0 bridgehead atoms. The molecule has 1 unspecified atom stereocenters. The summed E-state index contributed by atoms with van der Waals surface area (Å²) in [6, 6.07) is 14.2. The van der Waals surface area contributed by atoms with E-state index in [1.165, 1.54) is 5.56 Å². The third-order valence-corrected chi connectivity index (χ3v) is 4.78. The van der Waals surface area contributed by atoms with Gasteiger partial charge in [0.25, 0.3) is 0 Å². The van der Waals surface area contributed by atoms with Crippen LogP contribution in [0, 0.1) is 0 Å². The van der Waals surface area contributed by atoms with Crippen LogP contribution in [-0.4, -0.2) is 30.4 Å². The Kier molecular flexibility index (Phi) is 11.0. The summed E-state index contributed by atoms with van der Waals surface area (Å²) < 4.78 is 5.84. The molecule has 2 rings (SSSR count). The number of rotatable bonds is 10. The molecule has 0 aliphatic heterocycles. The van der Waals surface area contributed by atoms with Gasteiger partial charge < -0.3 is 9.64 Å². The highest BCUT2D eigenvalue weighted by Crippen LogP contribution is 2.24. The first-order chi connectivity index (χ1) is 13.1. The van der Waals surface area contributed by atoms with Gasteiger partial charge >= 0.3 is 0 Å². The van der Waals surface area contributed by atoms with E-state index >= 15 is 0 Å². The van der Waals surface area contributed by atoms with Gasteiger partial charge in [-0.05, 0) is 48.1 Å². The minimum Gasteiger partial charge on any atom is -0.492 e. The van der Waals surface area contributed by atoms with Crippen molar-refractivity contribution < 1.29 is 4.74 Å². The summed E-state index contributed by atoms with van der Waals surface area (Å²) >= 11 is 1.76. The van der Waals surface area contributed by atoms with Crippen molar-refractivity contribution in [3.8, 4) is 5.75 Å². The summed E-state index contributed by atoms with van der Waals surface area (Å²) in [7, 11) is 2.02. The molecule has 0 aliphatic carbocycles. The van der Waals surface area contributed by atoms with E-state index in [4.69, 9.17) is 4.74 Å². The van der Waals surface area contributed by atoms with Gasteiger partial charge in [0.2, 0.25) is 0 Å². The summed E-state index contributed by atoms with van der Waals surface area (Å²) in [5.74, 6) is 1.84. The lowest BCUT2D eigenvalue weighted by molar-refractivity contribution is 0.325. The minimum atomic E-state index is 0.358. The molecule has 1 atom stereocenters. The Labute approximate surface area is 169 Å². The molecule has 2 aromatic rings. The van der Waals surface area contributed by atoms with Crippen molar-refractivity contribution in [3.63, 3.8) is 0 Å². The molecular weight excluding hydrogens is 352 g/mol. The molecule has 27 heavy (non-hydrogen) atoms. The fourth-order valence-corrected chi connectivity index (χ4v) is 3.27. The zero-order chi connectivity index (χ0) is 20.1. The van der Waals surface area contributed by atoms with Crippen molar-refractivity contribution in [1.29, 1.82) is 0 Å². The maximum Gasteiger partial charge on any atom is 0.128 e. The summed E-state index contributed by atoms with van der Waals surface area (Å²) in [5.41, 5.74) is 1.27. The molecule has 1 heterocycles. The lowest BCUT2D eigenvalue weighted by atomic mass is 10.1. The number of thioether (sulfide) groups is 1. The quantitative estimate of drug-likeness (QED) is 0.470. The van der Waals surface area contributed by atoms with Crippen LogP contribution in [0.1, 0.15) is 26.3 Å². The Bertz CT molecular complexity index is 671. The highest BCUT2D eigenvalue weighted by Gasteiger charge is 2.07. The van der Waals surface area contributed by atoms with E-state index in [9.17, 15) is 0 Å². The van der Waals surface area contributed by atoms with E-state index in [0.717, 1.165) is 29.4 Å². The van der Waals surface area contributed by atoms with Gasteiger partial charge in [0.1, 0.15) is 18.2 Å². The van der Waals surface area contributed by atoms with E-state index in [1.54, 1.807) is 18.0 Å². The first kappa shape index (κ1) is 22.8. The third-order valence-electron chi connectivity index (χ3n) is 3.71. The molecule has 0 saturated heterocycles. The Morgan fingerprint density at radius 1 is 1.22 bits per heavy atom. The zero-order valence-electron chi connectivity index (χ0n) is 17.0. The predicted molar refractivity (Wildman–Crippen MR) is 121 cm³/mol. The fraction of sp³-hybridized carbons (Fsp3) is 0.348. The Morgan fingerprint density at radius 2 is 1.93 bits per heavy atom. The second-order valence-corrected chi connectivity index (χ2v) is 7.44. The summed E-state index contributed by atoms with van der Waals surface area (Å²) in [5, 5.41) is 0.358. The van der Waals surface area contributed by atoms with Crippen LogP contribution >= 0.6 is 11.8 Å². The number of ether oxygens (including phenoxy) is 1. The molecule has 0 radical (unpaired) electrons. The number of benzene rings is 1. The third kappa shape index (κ3) is 8.83. The number of nitrogens with zero attached hydrogens (tertiary/aromatic N) is 2. The van der Waals surface area contributed by atoms with Crippen molar-refractivity contribution in [3.05, 3.63) is 78.4 Å². The Morgan fingerprint density at radius 3 is 2.48 bits per heavy atom.